The number of hydrogen-bond acceptors (Lipinski definition) is 4. The minimum absolute atomic E-state index is 0. The van der Waals surface area contributed by atoms with Crippen LogP contribution in [0.1, 0.15) is 47.7 Å². The van der Waals surface area contributed by atoms with E-state index in [2.05, 4.69) is 17.0 Å². The van der Waals surface area contributed by atoms with Crippen LogP contribution in [0.15, 0.2) is 48.8 Å². The Kier molecular flexibility index (Phi) is 5.58. The summed E-state index contributed by atoms with van der Waals surface area (Å²) >= 11 is 0. The van der Waals surface area contributed by atoms with Gasteiger partial charge in [-0.15, -0.1) is 0 Å². The first-order valence-electron chi connectivity index (χ1n) is 9.06. The number of nitrogens with zero attached hydrogens (tertiary/aromatic N) is 4. The van der Waals surface area contributed by atoms with Crippen LogP contribution < -0.4 is 4.90 Å². The van der Waals surface area contributed by atoms with Crippen molar-refractivity contribution in [1.82, 2.24) is 14.8 Å². The molecule has 0 saturated carbocycles. The van der Waals surface area contributed by atoms with E-state index in [1.807, 2.05) is 48.0 Å². The number of aryl methyl sites for hydroxylation is 1. The number of hydrogen-bond donors (Lipinski definition) is 1. The van der Waals surface area contributed by atoms with E-state index in [0.717, 1.165) is 28.1 Å². The molecular formula is C21H24N4O2S. The van der Waals surface area contributed by atoms with Crippen molar-refractivity contribution in [2.45, 2.75) is 32.9 Å². The maximum absolute atomic E-state index is 13.3. The Morgan fingerprint density at radius 2 is 1.93 bits per heavy atom. The van der Waals surface area contributed by atoms with E-state index in [0.29, 0.717) is 12.2 Å². The number of benzene rings is 1. The fourth-order valence-corrected chi connectivity index (χ4v) is 3.54. The highest BCUT2D eigenvalue weighted by molar-refractivity contribution is 7.59. The lowest BCUT2D eigenvalue weighted by atomic mass is 10.0. The number of rotatable bonds is 3. The smallest absolute Gasteiger partial charge is 0.277 e. The van der Waals surface area contributed by atoms with Gasteiger partial charge in [-0.1, -0.05) is 12.1 Å². The zero-order valence-electron chi connectivity index (χ0n) is 16.1. The monoisotopic (exact) mass is 396 g/mol. The predicted molar refractivity (Wildman–Crippen MR) is 114 cm³/mol. The third-order valence-electron chi connectivity index (χ3n) is 5.00. The van der Waals surface area contributed by atoms with Crippen molar-refractivity contribution in [2.75, 3.05) is 11.4 Å². The maximum Gasteiger partial charge on any atom is 0.277 e. The largest absolute Gasteiger partial charge is 0.389 e. The molecule has 6 nitrogen and oxygen atoms in total. The van der Waals surface area contributed by atoms with Crippen LogP contribution in [-0.2, 0) is 0 Å². The Hall–Kier alpha value is -2.64. The van der Waals surface area contributed by atoms with E-state index in [9.17, 15) is 9.90 Å². The minimum atomic E-state index is -0.530. The van der Waals surface area contributed by atoms with Crippen molar-refractivity contribution >= 4 is 25.1 Å². The molecule has 0 bridgehead atoms. The quantitative estimate of drug-likeness (QED) is 0.734. The highest BCUT2D eigenvalue weighted by Gasteiger charge is 2.33. The van der Waals surface area contributed by atoms with Gasteiger partial charge in [-0.25, -0.2) is 0 Å². The Bertz CT molecular complexity index is 998. The van der Waals surface area contributed by atoms with Crippen LogP contribution in [0, 0.1) is 6.92 Å². The molecule has 0 fully saturated rings. The fraction of sp³-hybridized carbons (Fsp3) is 0.286. The second kappa shape index (κ2) is 7.77. The number of aliphatic hydroxyl groups is 1. The number of carbonyl (C=O) groups is 1. The summed E-state index contributed by atoms with van der Waals surface area (Å²) in [4.78, 5) is 19.3. The van der Waals surface area contributed by atoms with Gasteiger partial charge < -0.3 is 10.0 Å². The maximum atomic E-state index is 13.3. The van der Waals surface area contributed by atoms with Crippen LogP contribution in [0.25, 0.3) is 11.1 Å². The predicted octanol–water partition coefficient (Wildman–Crippen LogP) is 3.64. The van der Waals surface area contributed by atoms with Crippen molar-refractivity contribution in [3.05, 3.63) is 65.7 Å². The third-order valence-corrected chi connectivity index (χ3v) is 5.00. The Morgan fingerprint density at radius 1 is 1.21 bits per heavy atom. The van der Waals surface area contributed by atoms with Gasteiger partial charge in [-0.3, -0.25) is 14.5 Å². The van der Waals surface area contributed by atoms with Crippen LogP contribution in [0.5, 0.6) is 0 Å². The molecule has 1 aliphatic rings. The summed E-state index contributed by atoms with van der Waals surface area (Å²) in [6.07, 6.45) is 2.98. The second-order valence-corrected chi connectivity index (χ2v) is 7.07. The summed E-state index contributed by atoms with van der Waals surface area (Å²) in [6.45, 7) is 6.27. The molecule has 3 aromatic rings. The molecule has 2 aromatic heterocycles. The molecule has 1 unspecified atom stereocenters. The number of fused-ring (bicyclic) bond motifs is 1. The topological polar surface area (TPSA) is 71.2 Å². The molecule has 0 aliphatic carbocycles. The van der Waals surface area contributed by atoms with Gasteiger partial charge in [-0.2, -0.15) is 18.6 Å². The molecule has 0 saturated heterocycles. The number of aliphatic hydroxyl groups excluding tert-OH is 1. The Balaban J connectivity index is 0.00000225. The summed E-state index contributed by atoms with van der Waals surface area (Å²) in [5, 5.41) is 14.2. The average molecular weight is 397 g/mol. The fourth-order valence-electron chi connectivity index (χ4n) is 3.54. The molecule has 7 heteroatoms. The Labute approximate surface area is 171 Å². The van der Waals surface area contributed by atoms with Crippen LogP contribution >= 0.6 is 13.5 Å². The van der Waals surface area contributed by atoms with E-state index in [1.165, 1.54) is 0 Å². The molecular weight excluding hydrogens is 372 g/mol. The van der Waals surface area contributed by atoms with E-state index < -0.39 is 6.10 Å². The molecule has 1 N–H and O–H groups in total. The van der Waals surface area contributed by atoms with Gasteiger partial charge in [0.25, 0.3) is 5.91 Å². The van der Waals surface area contributed by atoms with E-state index >= 15 is 0 Å². The zero-order valence-corrected chi connectivity index (χ0v) is 17.1. The number of carbonyl (C=O) groups excluding carboxylic acids is 1. The second-order valence-electron chi connectivity index (χ2n) is 7.07. The van der Waals surface area contributed by atoms with Crippen LogP contribution in [-0.4, -0.2) is 32.3 Å². The molecule has 146 valence electrons. The SMILES string of the molecule is Cc1cc(-c2cnn3c2C(=O)N(c2ccc(C(C)O)cc2)C[C@@H]3C)ccn1.S. The van der Waals surface area contributed by atoms with Gasteiger partial charge in [0, 0.05) is 29.7 Å². The molecule has 1 amide bonds. The molecule has 3 heterocycles. The molecule has 2 atom stereocenters. The van der Waals surface area contributed by atoms with Gasteiger partial charge in [0.15, 0.2) is 0 Å². The summed E-state index contributed by atoms with van der Waals surface area (Å²) in [6, 6.07) is 11.4. The third kappa shape index (κ3) is 3.43. The molecule has 0 spiro atoms. The van der Waals surface area contributed by atoms with E-state index in [1.54, 1.807) is 24.2 Å². The van der Waals surface area contributed by atoms with Crippen molar-refractivity contribution in [3.8, 4) is 11.1 Å². The highest BCUT2D eigenvalue weighted by atomic mass is 32.1. The first-order chi connectivity index (χ1) is 13.0. The summed E-state index contributed by atoms with van der Waals surface area (Å²) in [7, 11) is 0. The number of aromatic nitrogens is 3. The van der Waals surface area contributed by atoms with Crippen LogP contribution in [0.4, 0.5) is 5.69 Å². The van der Waals surface area contributed by atoms with Gasteiger partial charge in [-0.05, 0) is 56.2 Å². The zero-order chi connectivity index (χ0) is 19.1. The lowest BCUT2D eigenvalue weighted by Crippen LogP contribution is -2.42. The standard InChI is InChI=1S/C21H22N4O2.H2S/c1-13-10-17(8-9-22-13)19-11-23-25-14(2)12-24(21(27)20(19)25)18-6-4-16(5-7-18)15(3)26;/h4-11,14-15,26H,12H2,1-3H3;1H2/t14-,15?;/m0./s1. The van der Waals surface area contributed by atoms with Gasteiger partial charge >= 0.3 is 0 Å². The molecule has 0 radical (unpaired) electrons. The van der Waals surface area contributed by atoms with Crippen molar-refractivity contribution in [1.29, 1.82) is 0 Å². The van der Waals surface area contributed by atoms with Gasteiger partial charge in [0.05, 0.1) is 18.3 Å². The normalized spacial score (nSPS) is 17.1. The molecule has 4 rings (SSSR count). The Morgan fingerprint density at radius 3 is 2.57 bits per heavy atom. The van der Waals surface area contributed by atoms with Crippen molar-refractivity contribution in [3.63, 3.8) is 0 Å². The number of anilines is 1. The summed E-state index contributed by atoms with van der Waals surface area (Å²) in [5.41, 5.74) is 4.90. The van der Waals surface area contributed by atoms with E-state index in [4.69, 9.17) is 0 Å². The van der Waals surface area contributed by atoms with Gasteiger partial charge in [0.1, 0.15) is 5.69 Å². The molecule has 1 aromatic carbocycles. The highest BCUT2D eigenvalue weighted by Crippen LogP contribution is 2.33. The lowest BCUT2D eigenvalue weighted by molar-refractivity contribution is 0.0954. The summed E-state index contributed by atoms with van der Waals surface area (Å²) in [5.74, 6) is -0.0696. The van der Waals surface area contributed by atoms with Crippen LogP contribution in [0.3, 0.4) is 0 Å². The average Bonchev–Trinajstić information content (AvgIpc) is 3.11. The number of amides is 1. The van der Waals surface area contributed by atoms with Gasteiger partial charge in [0.2, 0.25) is 0 Å². The summed E-state index contributed by atoms with van der Waals surface area (Å²) < 4.78 is 1.81. The first kappa shape index (κ1) is 20.1. The molecule has 28 heavy (non-hydrogen) atoms. The van der Waals surface area contributed by atoms with Crippen molar-refractivity contribution < 1.29 is 9.90 Å². The molecule has 1 aliphatic heterocycles. The van der Waals surface area contributed by atoms with Crippen molar-refractivity contribution in [2.24, 2.45) is 0 Å². The minimum Gasteiger partial charge on any atom is -0.389 e. The van der Waals surface area contributed by atoms with Crippen LogP contribution in [0.2, 0.25) is 0 Å². The number of pyridine rings is 1. The first-order valence-corrected chi connectivity index (χ1v) is 9.06. The lowest BCUT2D eigenvalue weighted by Gasteiger charge is -2.32. The van der Waals surface area contributed by atoms with E-state index in [-0.39, 0.29) is 25.4 Å².